The summed E-state index contributed by atoms with van der Waals surface area (Å²) in [5, 5.41) is 0. The standard InChI is InChI=1S/C20H25S/c1-7-13-16-19(11-5)21(18(10-4)15-9-3)20(12-6)17-14-8-2/h7-17H,1-4H2,5-6H3/q+1/b16-13-,17-14-,18-15+,19-11+,20-12+. The van der Waals surface area contributed by atoms with Gasteiger partial charge in [-0.25, -0.2) is 0 Å². The molecular weight excluding hydrogens is 272 g/mol. The van der Waals surface area contributed by atoms with Gasteiger partial charge in [-0.1, -0.05) is 56.7 Å². The third kappa shape index (κ3) is 6.33. The van der Waals surface area contributed by atoms with Gasteiger partial charge in [0.05, 0.1) is 10.9 Å². The van der Waals surface area contributed by atoms with Gasteiger partial charge in [-0.05, 0) is 50.3 Å². The molecule has 0 heterocycles. The van der Waals surface area contributed by atoms with Gasteiger partial charge in [-0.15, -0.1) is 0 Å². The zero-order valence-electron chi connectivity index (χ0n) is 13.1. The third-order valence-corrected chi connectivity index (χ3v) is 5.01. The smallest absolute Gasteiger partial charge is 0.0991 e. The van der Waals surface area contributed by atoms with Gasteiger partial charge in [-0.2, -0.15) is 0 Å². The van der Waals surface area contributed by atoms with Crippen LogP contribution in [0.25, 0.3) is 0 Å². The Balaban J connectivity index is 6.03. The molecule has 0 amide bonds. The summed E-state index contributed by atoms with van der Waals surface area (Å²) >= 11 is 0. The molecule has 0 aliphatic rings. The first-order valence-electron chi connectivity index (χ1n) is 6.80. The lowest BCUT2D eigenvalue weighted by molar-refractivity contribution is 1.65. The molecule has 0 nitrogen and oxygen atoms in total. The Morgan fingerprint density at radius 3 is 1.48 bits per heavy atom. The van der Waals surface area contributed by atoms with Crippen LogP contribution in [-0.4, -0.2) is 0 Å². The summed E-state index contributed by atoms with van der Waals surface area (Å²) in [6, 6.07) is 0. The van der Waals surface area contributed by atoms with Crippen molar-refractivity contribution in [3.8, 4) is 0 Å². The summed E-state index contributed by atoms with van der Waals surface area (Å²) in [5.41, 5.74) is 0. The fourth-order valence-corrected chi connectivity index (χ4v) is 3.75. The molecule has 0 aliphatic carbocycles. The van der Waals surface area contributed by atoms with Crippen molar-refractivity contribution in [1.82, 2.24) is 0 Å². The lowest BCUT2D eigenvalue weighted by Crippen LogP contribution is -2.08. The fourth-order valence-electron chi connectivity index (χ4n) is 1.63. The maximum Gasteiger partial charge on any atom is 0.165 e. The SMILES string of the molecule is C=C/C=C\C(=C/C)[S+](/C(C=C)=C/C=C)C(/C=C\C=C)=C/C. The Bertz CT molecular complexity index is 488. The predicted octanol–water partition coefficient (Wildman–Crippen LogP) is 6.15. The van der Waals surface area contributed by atoms with E-state index in [9.17, 15) is 0 Å². The van der Waals surface area contributed by atoms with Gasteiger partial charge >= 0.3 is 0 Å². The molecule has 0 radical (unpaired) electrons. The monoisotopic (exact) mass is 297 g/mol. The summed E-state index contributed by atoms with van der Waals surface area (Å²) in [5.74, 6) is 0. The Hall–Kier alpha value is -1.99. The van der Waals surface area contributed by atoms with Gasteiger partial charge in [0.2, 0.25) is 0 Å². The largest absolute Gasteiger partial charge is 0.165 e. The van der Waals surface area contributed by atoms with Crippen LogP contribution in [0.3, 0.4) is 0 Å². The van der Waals surface area contributed by atoms with Gasteiger partial charge in [-0.3, -0.25) is 0 Å². The first kappa shape index (κ1) is 19.0. The molecule has 0 N–H and O–H groups in total. The maximum absolute atomic E-state index is 3.94. The maximum atomic E-state index is 3.94. The molecule has 0 aromatic heterocycles. The molecule has 21 heavy (non-hydrogen) atoms. The average Bonchev–Trinajstić information content (AvgIpc) is 2.52. The van der Waals surface area contributed by atoms with E-state index in [-0.39, 0.29) is 10.9 Å². The molecule has 0 saturated carbocycles. The highest BCUT2D eigenvalue weighted by atomic mass is 32.2. The van der Waals surface area contributed by atoms with Crippen LogP contribution in [0.4, 0.5) is 0 Å². The van der Waals surface area contributed by atoms with Gasteiger partial charge < -0.3 is 0 Å². The van der Waals surface area contributed by atoms with Crippen LogP contribution < -0.4 is 0 Å². The third-order valence-electron chi connectivity index (χ3n) is 2.55. The van der Waals surface area contributed by atoms with Gasteiger partial charge in [0.25, 0.3) is 0 Å². The van der Waals surface area contributed by atoms with Crippen molar-refractivity contribution in [3.63, 3.8) is 0 Å². The summed E-state index contributed by atoms with van der Waals surface area (Å²) in [4.78, 5) is 3.56. The number of rotatable bonds is 9. The van der Waals surface area contributed by atoms with Crippen molar-refractivity contribution in [2.75, 3.05) is 0 Å². The van der Waals surface area contributed by atoms with Crippen LogP contribution in [0.2, 0.25) is 0 Å². The van der Waals surface area contributed by atoms with E-state index in [0.717, 1.165) is 4.91 Å². The molecule has 0 atom stereocenters. The Morgan fingerprint density at radius 2 is 1.19 bits per heavy atom. The summed E-state index contributed by atoms with van der Waals surface area (Å²) < 4.78 is 0. The molecule has 110 valence electrons. The Labute approximate surface area is 133 Å². The quantitative estimate of drug-likeness (QED) is 0.353. The summed E-state index contributed by atoms with van der Waals surface area (Å²) in [6.07, 6.45) is 21.6. The van der Waals surface area contributed by atoms with E-state index >= 15 is 0 Å². The van der Waals surface area contributed by atoms with Crippen LogP contribution in [0, 0.1) is 0 Å². The molecule has 0 aromatic rings. The van der Waals surface area contributed by atoms with Crippen LogP contribution in [-0.2, 0) is 10.9 Å². The van der Waals surface area contributed by atoms with Crippen molar-refractivity contribution in [2.45, 2.75) is 13.8 Å². The zero-order valence-corrected chi connectivity index (χ0v) is 13.9. The van der Waals surface area contributed by atoms with E-state index in [0.29, 0.717) is 0 Å². The first-order chi connectivity index (χ1) is 10.2. The van der Waals surface area contributed by atoms with Gasteiger partial charge in [0.1, 0.15) is 0 Å². The average molecular weight is 297 g/mol. The highest BCUT2D eigenvalue weighted by Crippen LogP contribution is 2.31. The van der Waals surface area contributed by atoms with E-state index in [1.54, 1.807) is 18.2 Å². The van der Waals surface area contributed by atoms with Crippen LogP contribution in [0.5, 0.6) is 0 Å². The van der Waals surface area contributed by atoms with Crippen LogP contribution >= 0.6 is 0 Å². The van der Waals surface area contributed by atoms with E-state index in [1.165, 1.54) is 9.81 Å². The molecule has 0 rings (SSSR count). The number of hydrogen-bond acceptors (Lipinski definition) is 0. The van der Waals surface area contributed by atoms with Gasteiger partial charge in [0, 0.05) is 0 Å². The minimum Gasteiger partial charge on any atom is -0.0991 e. The van der Waals surface area contributed by atoms with E-state index in [4.69, 9.17) is 0 Å². The highest BCUT2D eigenvalue weighted by Gasteiger charge is 2.30. The fraction of sp³-hybridized carbons (Fsp3) is 0.100. The zero-order chi connectivity index (χ0) is 16.1. The number of hydrogen-bond donors (Lipinski definition) is 0. The molecule has 0 saturated heterocycles. The molecule has 0 aliphatic heterocycles. The Morgan fingerprint density at radius 1 is 0.714 bits per heavy atom. The molecule has 0 spiro atoms. The summed E-state index contributed by atoms with van der Waals surface area (Å²) in [7, 11) is -0.216. The molecule has 0 fully saturated rings. The highest BCUT2D eigenvalue weighted by molar-refractivity contribution is 8.08. The van der Waals surface area contributed by atoms with E-state index < -0.39 is 0 Å². The van der Waals surface area contributed by atoms with Crippen LogP contribution in [0.1, 0.15) is 13.8 Å². The van der Waals surface area contributed by atoms with E-state index in [2.05, 4.69) is 50.6 Å². The number of allylic oxidation sites excluding steroid dienone is 11. The second-order valence-electron chi connectivity index (χ2n) is 3.89. The molecule has 0 bridgehead atoms. The second kappa shape index (κ2) is 11.8. The minimum absolute atomic E-state index is 0.216. The van der Waals surface area contributed by atoms with E-state index in [1.807, 2.05) is 38.2 Å². The normalized spacial score (nSPS) is 15.2. The molecule has 0 aromatic carbocycles. The predicted molar refractivity (Wildman–Crippen MR) is 102 cm³/mol. The minimum atomic E-state index is -0.216. The molecular formula is C20H25S+. The molecule has 0 unspecified atom stereocenters. The Kier molecular flexibility index (Phi) is 10.7. The van der Waals surface area contributed by atoms with Crippen molar-refractivity contribution in [3.05, 3.63) is 108 Å². The lowest BCUT2D eigenvalue weighted by atomic mass is 10.4. The first-order valence-corrected chi connectivity index (χ1v) is 8.02. The summed E-state index contributed by atoms with van der Waals surface area (Å²) in [6.45, 7) is 19.3. The van der Waals surface area contributed by atoms with Crippen molar-refractivity contribution >= 4 is 10.9 Å². The van der Waals surface area contributed by atoms with Crippen LogP contribution in [0.15, 0.2) is 108 Å². The second-order valence-corrected chi connectivity index (χ2v) is 5.91. The van der Waals surface area contributed by atoms with Crippen molar-refractivity contribution < 1.29 is 0 Å². The van der Waals surface area contributed by atoms with Gasteiger partial charge in [0.15, 0.2) is 14.7 Å². The topological polar surface area (TPSA) is 0 Å². The van der Waals surface area contributed by atoms with Crippen molar-refractivity contribution in [1.29, 1.82) is 0 Å². The van der Waals surface area contributed by atoms with Crippen molar-refractivity contribution in [2.24, 2.45) is 0 Å². The molecule has 1 heteroatoms. The lowest BCUT2D eigenvalue weighted by Gasteiger charge is -2.09.